The standard InChI is InChI=1S/C17H14F3N7/c18-11-1-3-13(4-2-11)26-10-8-12(24-26)7-9-21-14-5-6-15-22-23-17(16(19)20)27(15)25-14/h1-6,8,10,16H,7,9H2,(H,21,25). The topological polar surface area (TPSA) is 72.9 Å². The quantitative estimate of drug-likeness (QED) is 0.562. The van der Waals surface area contributed by atoms with Crippen molar-refractivity contribution in [1.82, 2.24) is 29.6 Å². The summed E-state index contributed by atoms with van der Waals surface area (Å²) in [5.74, 6) is -0.364. The summed E-state index contributed by atoms with van der Waals surface area (Å²) in [4.78, 5) is 0. The smallest absolute Gasteiger partial charge is 0.299 e. The molecule has 7 nitrogen and oxygen atoms in total. The second kappa shape index (κ2) is 7.06. The van der Waals surface area contributed by atoms with Crippen molar-refractivity contribution >= 4 is 11.5 Å². The van der Waals surface area contributed by atoms with Gasteiger partial charge in [0, 0.05) is 19.2 Å². The number of alkyl halides is 2. The van der Waals surface area contributed by atoms with Crippen molar-refractivity contribution in [2.75, 3.05) is 11.9 Å². The van der Waals surface area contributed by atoms with Crippen LogP contribution in [0.15, 0.2) is 48.7 Å². The molecular formula is C17H14F3N7. The molecule has 138 valence electrons. The van der Waals surface area contributed by atoms with Crippen LogP contribution in [0.4, 0.5) is 19.0 Å². The van der Waals surface area contributed by atoms with E-state index in [-0.39, 0.29) is 11.5 Å². The largest absolute Gasteiger partial charge is 0.368 e. The number of anilines is 1. The molecule has 4 rings (SSSR count). The molecule has 0 saturated heterocycles. The highest BCUT2D eigenvalue weighted by atomic mass is 19.3. The molecule has 0 fully saturated rings. The molecule has 3 aromatic heterocycles. The van der Waals surface area contributed by atoms with E-state index in [0.717, 1.165) is 15.9 Å². The van der Waals surface area contributed by atoms with Crippen molar-refractivity contribution in [2.45, 2.75) is 12.8 Å². The zero-order valence-corrected chi connectivity index (χ0v) is 13.9. The minimum Gasteiger partial charge on any atom is -0.368 e. The van der Waals surface area contributed by atoms with Crippen LogP contribution in [-0.2, 0) is 6.42 Å². The van der Waals surface area contributed by atoms with Gasteiger partial charge in [0.05, 0.1) is 11.4 Å². The van der Waals surface area contributed by atoms with Gasteiger partial charge in [-0.05, 0) is 42.5 Å². The van der Waals surface area contributed by atoms with Crippen molar-refractivity contribution in [3.63, 3.8) is 0 Å². The highest BCUT2D eigenvalue weighted by Gasteiger charge is 2.16. The Morgan fingerprint density at radius 2 is 1.78 bits per heavy atom. The molecule has 0 radical (unpaired) electrons. The van der Waals surface area contributed by atoms with Gasteiger partial charge in [-0.3, -0.25) is 0 Å². The number of nitrogens with zero attached hydrogens (tertiary/aromatic N) is 6. The van der Waals surface area contributed by atoms with Crippen LogP contribution in [0.5, 0.6) is 0 Å². The number of benzene rings is 1. The van der Waals surface area contributed by atoms with Gasteiger partial charge in [0.25, 0.3) is 6.43 Å². The summed E-state index contributed by atoms with van der Waals surface area (Å²) in [6, 6.07) is 11.1. The van der Waals surface area contributed by atoms with E-state index in [1.54, 1.807) is 35.1 Å². The van der Waals surface area contributed by atoms with Crippen LogP contribution in [0.2, 0.25) is 0 Å². The van der Waals surface area contributed by atoms with E-state index in [0.29, 0.717) is 18.8 Å². The van der Waals surface area contributed by atoms with Crippen LogP contribution in [0.1, 0.15) is 17.9 Å². The monoisotopic (exact) mass is 373 g/mol. The molecule has 0 spiro atoms. The van der Waals surface area contributed by atoms with Gasteiger partial charge in [-0.2, -0.15) is 9.61 Å². The fourth-order valence-electron chi connectivity index (χ4n) is 2.59. The second-order valence-electron chi connectivity index (χ2n) is 5.75. The minimum absolute atomic E-state index is 0.258. The molecule has 0 aliphatic rings. The molecule has 0 saturated carbocycles. The van der Waals surface area contributed by atoms with Crippen LogP contribution >= 0.6 is 0 Å². The summed E-state index contributed by atoms with van der Waals surface area (Å²) < 4.78 is 41.4. The lowest BCUT2D eigenvalue weighted by atomic mass is 10.3. The molecule has 3 heterocycles. The van der Waals surface area contributed by atoms with Crippen molar-refractivity contribution in [3.05, 3.63) is 66.0 Å². The van der Waals surface area contributed by atoms with Crippen molar-refractivity contribution in [1.29, 1.82) is 0 Å². The normalized spacial score (nSPS) is 11.4. The average Bonchev–Trinajstić information content (AvgIpc) is 3.29. The molecule has 0 aliphatic heterocycles. The van der Waals surface area contributed by atoms with Gasteiger partial charge in [-0.1, -0.05) is 0 Å². The third kappa shape index (κ3) is 3.59. The highest BCUT2D eigenvalue weighted by Crippen LogP contribution is 2.17. The van der Waals surface area contributed by atoms with Gasteiger partial charge < -0.3 is 5.32 Å². The van der Waals surface area contributed by atoms with Crippen LogP contribution in [0.25, 0.3) is 11.3 Å². The minimum atomic E-state index is -2.75. The highest BCUT2D eigenvalue weighted by molar-refractivity contribution is 5.44. The zero-order valence-electron chi connectivity index (χ0n) is 13.9. The summed E-state index contributed by atoms with van der Waals surface area (Å²) in [7, 11) is 0. The summed E-state index contributed by atoms with van der Waals surface area (Å²) in [6.45, 7) is 0.505. The Labute approximate surface area is 151 Å². The average molecular weight is 373 g/mol. The van der Waals surface area contributed by atoms with Gasteiger partial charge in [-0.25, -0.2) is 17.9 Å². The van der Waals surface area contributed by atoms with Gasteiger partial charge in [-0.15, -0.1) is 15.3 Å². The Bertz CT molecular complexity index is 1060. The summed E-state index contributed by atoms with van der Waals surface area (Å²) >= 11 is 0. The van der Waals surface area contributed by atoms with Gasteiger partial charge in [0.2, 0.25) is 5.82 Å². The Balaban J connectivity index is 1.40. The molecule has 1 N–H and O–H groups in total. The molecule has 0 aliphatic carbocycles. The second-order valence-corrected chi connectivity index (χ2v) is 5.75. The van der Waals surface area contributed by atoms with E-state index < -0.39 is 12.2 Å². The molecule has 27 heavy (non-hydrogen) atoms. The molecule has 4 aromatic rings. The summed E-state index contributed by atoms with van der Waals surface area (Å²) in [5, 5.41) is 18.7. The van der Waals surface area contributed by atoms with E-state index >= 15 is 0 Å². The Morgan fingerprint density at radius 1 is 0.963 bits per heavy atom. The van der Waals surface area contributed by atoms with E-state index in [1.807, 2.05) is 6.07 Å². The summed E-state index contributed by atoms with van der Waals surface area (Å²) in [5.41, 5.74) is 1.84. The third-order valence-electron chi connectivity index (χ3n) is 3.90. The van der Waals surface area contributed by atoms with E-state index in [4.69, 9.17) is 0 Å². The van der Waals surface area contributed by atoms with Crippen molar-refractivity contribution in [3.8, 4) is 5.69 Å². The first-order valence-electron chi connectivity index (χ1n) is 8.15. The number of aromatic nitrogens is 6. The lowest BCUT2D eigenvalue weighted by Crippen LogP contribution is -2.09. The van der Waals surface area contributed by atoms with Gasteiger partial charge >= 0.3 is 0 Å². The zero-order chi connectivity index (χ0) is 18.8. The first-order valence-corrected chi connectivity index (χ1v) is 8.15. The molecule has 0 bridgehead atoms. The number of rotatable bonds is 6. The fraction of sp³-hybridized carbons (Fsp3) is 0.176. The van der Waals surface area contributed by atoms with Crippen LogP contribution < -0.4 is 5.32 Å². The van der Waals surface area contributed by atoms with Gasteiger partial charge in [0.1, 0.15) is 11.6 Å². The molecule has 0 atom stereocenters. The SMILES string of the molecule is Fc1ccc(-n2ccc(CCNc3ccc4nnc(C(F)F)n4n3)n2)cc1. The van der Waals surface area contributed by atoms with Crippen molar-refractivity contribution < 1.29 is 13.2 Å². The number of hydrogen-bond acceptors (Lipinski definition) is 5. The van der Waals surface area contributed by atoms with E-state index in [2.05, 4.69) is 25.7 Å². The van der Waals surface area contributed by atoms with Gasteiger partial charge in [0.15, 0.2) is 5.65 Å². The molecule has 0 amide bonds. The van der Waals surface area contributed by atoms with E-state index in [1.165, 1.54) is 12.1 Å². The Hall–Kier alpha value is -3.43. The fourth-order valence-corrected chi connectivity index (χ4v) is 2.59. The maximum absolute atomic E-state index is 13.0. The lowest BCUT2D eigenvalue weighted by molar-refractivity contribution is 0.137. The van der Waals surface area contributed by atoms with E-state index in [9.17, 15) is 13.2 Å². The summed E-state index contributed by atoms with van der Waals surface area (Å²) in [6.07, 6.45) is -0.366. The first kappa shape index (κ1) is 17.0. The Morgan fingerprint density at radius 3 is 2.56 bits per heavy atom. The lowest BCUT2D eigenvalue weighted by Gasteiger charge is -2.05. The Kier molecular flexibility index (Phi) is 4.45. The van der Waals surface area contributed by atoms with Crippen LogP contribution in [0.3, 0.4) is 0 Å². The number of hydrogen-bond donors (Lipinski definition) is 1. The van der Waals surface area contributed by atoms with Crippen LogP contribution in [-0.4, -0.2) is 36.1 Å². The number of nitrogens with one attached hydrogen (secondary N) is 1. The third-order valence-corrected chi connectivity index (χ3v) is 3.90. The number of fused-ring (bicyclic) bond motifs is 1. The predicted octanol–water partition coefficient (Wildman–Crippen LogP) is 3.04. The molecular weight excluding hydrogens is 359 g/mol. The first-order chi connectivity index (χ1) is 13.1. The van der Waals surface area contributed by atoms with Crippen LogP contribution in [0, 0.1) is 5.82 Å². The maximum atomic E-state index is 13.0. The molecule has 0 unspecified atom stereocenters. The van der Waals surface area contributed by atoms with Crippen molar-refractivity contribution in [2.24, 2.45) is 0 Å². The molecule has 1 aromatic carbocycles. The maximum Gasteiger partial charge on any atom is 0.299 e. The predicted molar refractivity (Wildman–Crippen MR) is 91.5 cm³/mol. The number of halogens is 3. The molecule has 10 heteroatoms.